The number of aryl methyl sites for hydroxylation is 1. The van der Waals surface area contributed by atoms with Crippen LogP contribution in [0.1, 0.15) is 35.2 Å². The number of nitrogens with zero attached hydrogens (tertiary/aromatic N) is 3. The van der Waals surface area contributed by atoms with Crippen LogP contribution in [-0.4, -0.2) is 79.4 Å². The van der Waals surface area contributed by atoms with Gasteiger partial charge < -0.3 is 19.4 Å². The number of piperidine rings is 1. The zero-order valence-electron chi connectivity index (χ0n) is 20.4. The van der Waals surface area contributed by atoms with E-state index in [0.29, 0.717) is 60.9 Å². The maximum Gasteiger partial charge on any atom is 0.253 e. The summed E-state index contributed by atoms with van der Waals surface area (Å²) in [5.41, 5.74) is 0.488. The van der Waals surface area contributed by atoms with Crippen LogP contribution in [0.25, 0.3) is 0 Å². The van der Waals surface area contributed by atoms with Crippen molar-refractivity contribution in [3.63, 3.8) is 0 Å². The van der Waals surface area contributed by atoms with Crippen LogP contribution in [-0.2, 0) is 4.79 Å². The summed E-state index contributed by atoms with van der Waals surface area (Å²) in [5.74, 6) is 0.283. The lowest BCUT2D eigenvalue weighted by atomic mass is 9.75. The van der Waals surface area contributed by atoms with Crippen LogP contribution in [0, 0.1) is 18.2 Å². The van der Waals surface area contributed by atoms with Crippen molar-refractivity contribution in [2.45, 2.75) is 26.2 Å². The van der Waals surface area contributed by atoms with Gasteiger partial charge in [-0.25, -0.2) is 4.39 Å². The van der Waals surface area contributed by atoms with Gasteiger partial charge in [0.25, 0.3) is 5.91 Å². The van der Waals surface area contributed by atoms with Gasteiger partial charge in [0, 0.05) is 61.7 Å². The molecule has 2 heterocycles. The fourth-order valence-electron chi connectivity index (χ4n) is 4.72. The summed E-state index contributed by atoms with van der Waals surface area (Å²) >= 11 is 6.00. The first-order valence-corrected chi connectivity index (χ1v) is 12.5. The molecule has 0 spiro atoms. The molecular weight excluding hydrogens is 469 g/mol. The van der Waals surface area contributed by atoms with E-state index in [4.69, 9.17) is 16.3 Å². The normalized spacial score (nSPS) is 18.4. The summed E-state index contributed by atoms with van der Waals surface area (Å²) in [6.45, 7) is 6.25. The van der Waals surface area contributed by atoms with Gasteiger partial charge in [-0.3, -0.25) is 9.59 Å². The SMILES string of the molecule is Cc1ccc(C(=O)N2CCC(COc3ccc(Cl)cc3)(CC(=O)N3CCN(C)CC3)CC2)cc1F. The largest absolute Gasteiger partial charge is 0.493 e. The first-order chi connectivity index (χ1) is 16.7. The zero-order chi connectivity index (χ0) is 25.0. The molecule has 0 unspecified atom stereocenters. The quantitative estimate of drug-likeness (QED) is 0.593. The van der Waals surface area contributed by atoms with Gasteiger partial charge in [-0.2, -0.15) is 0 Å². The fourth-order valence-corrected chi connectivity index (χ4v) is 4.85. The Morgan fingerprint density at radius 1 is 0.971 bits per heavy atom. The third-order valence-corrected chi connectivity index (χ3v) is 7.52. The predicted molar refractivity (Wildman–Crippen MR) is 134 cm³/mol. The molecule has 2 aromatic carbocycles. The molecule has 0 aliphatic carbocycles. The van der Waals surface area contributed by atoms with Crippen LogP contribution >= 0.6 is 11.6 Å². The van der Waals surface area contributed by atoms with E-state index >= 15 is 0 Å². The van der Waals surface area contributed by atoms with Crippen molar-refractivity contribution in [2.24, 2.45) is 5.41 Å². The van der Waals surface area contributed by atoms with E-state index < -0.39 is 0 Å². The smallest absolute Gasteiger partial charge is 0.253 e. The number of hydrogen-bond donors (Lipinski definition) is 0. The van der Waals surface area contributed by atoms with E-state index in [2.05, 4.69) is 11.9 Å². The number of ether oxygens (including phenoxy) is 1. The number of carbonyl (C=O) groups is 2. The molecule has 2 aromatic rings. The molecule has 35 heavy (non-hydrogen) atoms. The number of piperazine rings is 1. The topological polar surface area (TPSA) is 53.1 Å². The van der Waals surface area contributed by atoms with Gasteiger partial charge in [-0.15, -0.1) is 0 Å². The molecule has 0 N–H and O–H groups in total. The van der Waals surface area contributed by atoms with Gasteiger partial charge in [-0.1, -0.05) is 17.7 Å². The van der Waals surface area contributed by atoms with Crippen LogP contribution in [0.4, 0.5) is 4.39 Å². The summed E-state index contributed by atoms with van der Waals surface area (Å²) in [6, 6.07) is 11.8. The first kappa shape index (κ1) is 25.5. The van der Waals surface area contributed by atoms with Crippen LogP contribution in [0.5, 0.6) is 5.75 Å². The van der Waals surface area contributed by atoms with Gasteiger partial charge >= 0.3 is 0 Å². The Balaban J connectivity index is 1.45. The molecule has 6 nitrogen and oxygen atoms in total. The highest BCUT2D eigenvalue weighted by Crippen LogP contribution is 2.37. The lowest BCUT2D eigenvalue weighted by Crippen LogP contribution is -2.51. The van der Waals surface area contributed by atoms with Gasteiger partial charge in [0.1, 0.15) is 11.6 Å². The molecule has 2 saturated heterocycles. The molecule has 2 aliphatic rings. The summed E-state index contributed by atoms with van der Waals surface area (Å²) in [7, 11) is 2.07. The van der Waals surface area contributed by atoms with E-state index in [1.54, 1.807) is 36.1 Å². The Kier molecular flexibility index (Phi) is 7.97. The molecule has 4 rings (SSSR count). The average Bonchev–Trinajstić information content (AvgIpc) is 2.86. The van der Waals surface area contributed by atoms with E-state index in [0.717, 1.165) is 26.2 Å². The maximum atomic E-state index is 14.0. The number of likely N-dealkylation sites (tertiary alicyclic amines) is 1. The number of likely N-dealkylation sites (N-methyl/N-ethyl adjacent to an activating group) is 1. The van der Waals surface area contributed by atoms with Crippen LogP contribution < -0.4 is 4.74 Å². The second kappa shape index (κ2) is 11.0. The molecule has 0 saturated carbocycles. The van der Waals surface area contributed by atoms with Crippen molar-refractivity contribution in [2.75, 3.05) is 52.9 Å². The Hall–Kier alpha value is -2.64. The van der Waals surface area contributed by atoms with Crippen LogP contribution in [0.15, 0.2) is 42.5 Å². The number of rotatable bonds is 6. The van der Waals surface area contributed by atoms with Crippen LogP contribution in [0.2, 0.25) is 5.02 Å². The summed E-state index contributed by atoms with van der Waals surface area (Å²) < 4.78 is 20.1. The van der Waals surface area contributed by atoms with Crippen molar-refractivity contribution in [1.82, 2.24) is 14.7 Å². The van der Waals surface area contributed by atoms with Crippen molar-refractivity contribution in [1.29, 1.82) is 0 Å². The molecule has 0 bridgehead atoms. The minimum absolute atomic E-state index is 0.137. The number of hydrogen-bond acceptors (Lipinski definition) is 4. The first-order valence-electron chi connectivity index (χ1n) is 12.1. The number of amides is 2. The van der Waals surface area contributed by atoms with Crippen molar-refractivity contribution in [3.05, 3.63) is 64.4 Å². The standard InChI is InChI=1S/C27H33ClFN3O3/c1-20-3-4-21(17-24(20)29)26(34)32-11-9-27(10-12-32,19-35-23-7-5-22(28)6-8-23)18-25(33)31-15-13-30(2)14-16-31/h3-8,17H,9-16,18-19H2,1-2H3. The summed E-state index contributed by atoms with van der Waals surface area (Å²) in [6.07, 6.45) is 1.66. The van der Waals surface area contributed by atoms with Crippen molar-refractivity contribution in [3.8, 4) is 5.75 Å². The van der Waals surface area contributed by atoms with Gasteiger partial charge in [0.15, 0.2) is 0 Å². The van der Waals surface area contributed by atoms with Gasteiger partial charge in [0.05, 0.1) is 6.61 Å². The molecule has 0 atom stereocenters. The number of benzene rings is 2. The highest BCUT2D eigenvalue weighted by atomic mass is 35.5. The molecule has 2 amide bonds. The maximum absolute atomic E-state index is 14.0. The third-order valence-electron chi connectivity index (χ3n) is 7.27. The molecular formula is C27H33ClFN3O3. The second-order valence-corrected chi connectivity index (χ2v) is 10.3. The average molecular weight is 502 g/mol. The summed E-state index contributed by atoms with van der Waals surface area (Å²) in [4.78, 5) is 32.2. The predicted octanol–water partition coefficient (Wildman–Crippen LogP) is 4.25. The molecule has 2 fully saturated rings. The highest BCUT2D eigenvalue weighted by Gasteiger charge is 2.40. The Bertz CT molecular complexity index is 1050. The summed E-state index contributed by atoms with van der Waals surface area (Å²) in [5, 5.41) is 0.636. The number of carbonyl (C=O) groups excluding carboxylic acids is 2. The van der Waals surface area contributed by atoms with Gasteiger partial charge in [0.2, 0.25) is 5.91 Å². The second-order valence-electron chi connectivity index (χ2n) is 9.86. The van der Waals surface area contributed by atoms with Crippen molar-refractivity contribution < 1.29 is 18.7 Å². The molecule has 188 valence electrons. The highest BCUT2D eigenvalue weighted by molar-refractivity contribution is 6.30. The molecule has 0 aromatic heterocycles. The van der Waals surface area contributed by atoms with Crippen LogP contribution in [0.3, 0.4) is 0 Å². The lowest BCUT2D eigenvalue weighted by molar-refractivity contribution is -0.136. The lowest BCUT2D eigenvalue weighted by Gasteiger charge is -2.42. The zero-order valence-corrected chi connectivity index (χ0v) is 21.2. The minimum atomic E-state index is -0.380. The monoisotopic (exact) mass is 501 g/mol. The Labute approximate surface area is 211 Å². The third kappa shape index (κ3) is 6.33. The van der Waals surface area contributed by atoms with E-state index in [1.807, 2.05) is 17.0 Å². The number of halogens is 2. The Morgan fingerprint density at radius 3 is 2.26 bits per heavy atom. The minimum Gasteiger partial charge on any atom is -0.493 e. The molecule has 2 aliphatic heterocycles. The van der Waals surface area contributed by atoms with E-state index in [-0.39, 0.29) is 23.0 Å². The van der Waals surface area contributed by atoms with Gasteiger partial charge in [-0.05, 0) is 68.8 Å². The molecule has 0 radical (unpaired) electrons. The van der Waals surface area contributed by atoms with Crippen molar-refractivity contribution >= 4 is 23.4 Å². The molecule has 8 heteroatoms. The van der Waals surface area contributed by atoms with E-state index in [1.165, 1.54) is 6.07 Å². The van der Waals surface area contributed by atoms with E-state index in [9.17, 15) is 14.0 Å². The Morgan fingerprint density at radius 2 is 1.63 bits per heavy atom. The fraction of sp³-hybridized carbons (Fsp3) is 0.481.